The molecule has 0 unspecified atom stereocenters. The van der Waals surface area contributed by atoms with Crippen LogP contribution < -0.4 is 5.32 Å². The Kier molecular flexibility index (Phi) is 2.73. The standard InChI is InChI=1S/C12H16N2O/c1-3-12(15)13-11-5-4-9-7-14(2)8-10(9)6-11/h4-6H,3,7-8H2,1-2H3,(H,13,15). The van der Waals surface area contributed by atoms with Gasteiger partial charge in [0.15, 0.2) is 0 Å². The van der Waals surface area contributed by atoms with Gasteiger partial charge in [-0.1, -0.05) is 13.0 Å². The number of benzene rings is 1. The lowest BCUT2D eigenvalue weighted by Crippen LogP contribution is -2.09. The van der Waals surface area contributed by atoms with E-state index in [1.807, 2.05) is 13.0 Å². The Bertz CT molecular complexity index is 387. The molecule has 1 aliphatic rings. The zero-order valence-electron chi connectivity index (χ0n) is 9.21. The first-order valence-electron chi connectivity index (χ1n) is 5.29. The molecular formula is C12H16N2O. The molecule has 0 saturated carbocycles. The lowest BCUT2D eigenvalue weighted by atomic mass is 10.1. The van der Waals surface area contributed by atoms with Gasteiger partial charge in [-0.15, -0.1) is 0 Å². The highest BCUT2D eigenvalue weighted by molar-refractivity contribution is 5.90. The monoisotopic (exact) mass is 204 g/mol. The molecule has 15 heavy (non-hydrogen) atoms. The van der Waals surface area contributed by atoms with Crippen LogP contribution in [0, 0.1) is 0 Å². The highest BCUT2D eigenvalue weighted by Gasteiger charge is 2.15. The van der Waals surface area contributed by atoms with Gasteiger partial charge in [-0.25, -0.2) is 0 Å². The first-order chi connectivity index (χ1) is 7.19. The van der Waals surface area contributed by atoms with Crippen molar-refractivity contribution in [3.63, 3.8) is 0 Å². The minimum absolute atomic E-state index is 0.0706. The second kappa shape index (κ2) is 4.03. The zero-order valence-corrected chi connectivity index (χ0v) is 9.21. The lowest BCUT2D eigenvalue weighted by Gasteiger charge is -2.05. The number of carbonyl (C=O) groups excluding carboxylic acids is 1. The number of hydrogen-bond acceptors (Lipinski definition) is 2. The average Bonchev–Trinajstić information content (AvgIpc) is 2.57. The summed E-state index contributed by atoms with van der Waals surface area (Å²) in [6, 6.07) is 6.15. The SMILES string of the molecule is CCC(=O)Nc1ccc2c(c1)CN(C)C2. The molecule has 0 bridgehead atoms. The Morgan fingerprint density at radius 2 is 2.13 bits per heavy atom. The first-order valence-corrected chi connectivity index (χ1v) is 5.29. The number of nitrogens with one attached hydrogen (secondary N) is 1. The van der Waals surface area contributed by atoms with E-state index < -0.39 is 0 Å². The van der Waals surface area contributed by atoms with E-state index in [1.54, 1.807) is 0 Å². The minimum Gasteiger partial charge on any atom is -0.326 e. The van der Waals surface area contributed by atoms with E-state index in [4.69, 9.17) is 0 Å². The molecule has 1 heterocycles. The fraction of sp³-hybridized carbons (Fsp3) is 0.417. The molecule has 1 aliphatic heterocycles. The fourth-order valence-corrected chi connectivity index (χ4v) is 1.89. The summed E-state index contributed by atoms with van der Waals surface area (Å²) in [6.45, 7) is 3.85. The largest absolute Gasteiger partial charge is 0.326 e. The van der Waals surface area contributed by atoms with Crippen molar-refractivity contribution in [3.8, 4) is 0 Å². The summed E-state index contributed by atoms with van der Waals surface area (Å²) < 4.78 is 0. The molecule has 3 nitrogen and oxygen atoms in total. The van der Waals surface area contributed by atoms with Gasteiger partial charge in [0.1, 0.15) is 0 Å². The molecule has 1 amide bonds. The Morgan fingerprint density at radius 1 is 1.40 bits per heavy atom. The maximum atomic E-state index is 11.2. The molecule has 0 atom stereocenters. The van der Waals surface area contributed by atoms with Gasteiger partial charge in [0.25, 0.3) is 0 Å². The van der Waals surface area contributed by atoms with Crippen molar-refractivity contribution in [1.29, 1.82) is 0 Å². The van der Waals surface area contributed by atoms with E-state index in [0.29, 0.717) is 6.42 Å². The predicted octanol–water partition coefficient (Wildman–Crippen LogP) is 1.98. The average molecular weight is 204 g/mol. The van der Waals surface area contributed by atoms with Gasteiger partial charge in [0.2, 0.25) is 5.91 Å². The van der Waals surface area contributed by atoms with Crippen LogP contribution in [0.4, 0.5) is 5.69 Å². The number of hydrogen-bond donors (Lipinski definition) is 1. The number of amides is 1. The van der Waals surface area contributed by atoms with Gasteiger partial charge >= 0.3 is 0 Å². The van der Waals surface area contributed by atoms with Crippen molar-refractivity contribution in [1.82, 2.24) is 4.90 Å². The molecule has 3 heteroatoms. The smallest absolute Gasteiger partial charge is 0.224 e. The molecule has 0 saturated heterocycles. The van der Waals surface area contributed by atoms with Crippen LogP contribution >= 0.6 is 0 Å². The second-order valence-electron chi connectivity index (χ2n) is 4.06. The van der Waals surface area contributed by atoms with E-state index in [2.05, 4.69) is 29.4 Å². The maximum absolute atomic E-state index is 11.2. The molecular weight excluding hydrogens is 188 g/mol. The molecule has 80 valence electrons. The second-order valence-corrected chi connectivity index (χ2v) is 4.06. The van der Waals surface area contributed by atoms with Crippen LogP contribution in [-0.4, -0.2) is 17.9 Å². The third-order valence-corrected chi connectivity index (χ3v) is 2.69. The van der Waals surface area contributed by atoms with Crippen molar-refractivity contribution in [3.05, 3.63) is 29.3 Å². The fourth-order valence-electron chi connectivity index (χ4n) is 1.89. The summed E-state index contributed by atoms with van der Waals surface area (Å²) >= 11 is 0. The summed E-state index contributed by atoms with van der Waals surface area (Å²) in [5.41, 5.74) is 3.61. The summed E-state index contributed by atoms with van der Waals surface area (Å²) in [6.07, 6.45) is 0.525. The lowest BCUT2D eigenvalue weighted by molar-refractivity contribution is -0.115. The number of carbonyl (C=O) groups is 1. The van der Waals surface area contributed by atoms with Crippen molar-refractivity contribution in [2.24, 2.45) is 0 Å². The maximum Gasteiger partial charge on any atom is 0.224 e. The zero-order chi connectivity index (χ0) is 10.8. The number of rotatable bonds is 2. The van der Waals surface area contributed by atoms with Gasteiger partial charge in [0.05, 0.1) is 0 Å². The van der Waals surface area contributed by atoms with Crippen molar-refractivity contribution < 1.29 is 4.79 Å². The van der Waals surface area contributed by atoms with E-state index in [-0.39, 0.29) is 5.91 Å². The van der Waals surface area contributed by atoms with Gasteiger partial charge in [0, 0.05) is 25.2 Å². The highest BCUT2D eigenvalue weighted by Crippen LogP contribution is 2.24. The molecule has 0 radical (unpaired) electrons. The third-order valence-electron chi connectivity index (χ3n) is 2.69. The van der Waals surface area contributed by atoms with Crippen LogP contribution in [0.1, 0.15) is 24.5 Å². The summed E-state index contributed by atoms with van der Waals surface area (Å²) in [5.74, 6) is 0.0706. The van der Waals surface area contributed by atoms with Crippen molar-refractivity contribution in [2.45, 2.75) is 26.4 Å². The molecule has 1 aromatic rings. The number of fused-ring (bicyclic) bond motifs is 1. The van der Waals surface area contributed by atoms with Crippen LogP contribution in [0.2, 0.25) is 0 Å². The molecule has 1 N–H and O–H groups in total. The van der Waals surface area contributed by atoms with E-state index >= 15 is 0 Å². The highest BCUT2D eigenvalue weighted by atomic mass is 16.1. The molecule has 1 aromatic carbocycles. The Hall–Kier alpha value is -1.35. The van der Waals surface area contributed by atoms with Gasteiger partial charge in [-0.05, 0) is 30.3 Å². The van der Waals surface area contributed by atoms with E-state index in [0.717, 1.165) is 18.8 Å². The molecule has 0 spiro atoms. The normalized spacial score (nSPS) is 15.1. The van der Waals surface area contributed by atoms with Crippen LogP contribution in [0.25, 0.3) is 0 Å². The summed E-state index contributed by atoms with van der Waals surface area (Å²) in [4.78, 5) is 13.5. The van der Waals surface area contributed by atoms with Crippen LogP contribution in [-0.2, 0) is 17.9 Å². The van der Waals surface area contributed by atoms with Crippen molar-refractivity contribution in [2.75, 3.05) is 12.4 Å². The third kappa shape index (κ3) is 2.18. The predicted molar refractivity (Wildman–Crippen MR) is 60.5 cm³/mol. The Labute approximate surface area is 90.1 Å². The van der Waals surface area contributed by atoms with Gasteiger partial charge < -0.3 is 5.32 Å². The quantitative estimate of drug-likeness (QED) is 0.799. The van der Waals surface area contributed by atoms with Crippen LogP contribution in [0.5, 0.6) is 0 Å². The van der Waals surface area contributed by atoms with Gasteiger partial charge in [-0.3, -0.25) is 9.69 Å². The van der Waals surface area contributed by atoms with Crippen LogP contribution in [0.15, 0.2) is 18.2 Å². The molecule has 0 aliphatic carbocycles. The van der Waals surface area contributed by atoms with Gasteiger partial charge in [-0.2, -0.15) is 0 Å². The van der Waals surface area contributed by atoms with Crippen LogP contribution in [0.3, 0.4) is 0 Å². The topological polar surface area (TPSA) is 32.3 Å². The molecule has 0 aromatic heterocycles. The van der Waals surface area contributed by atoms with E-state index in [9.17, 15) is 4.79 Å². The Morgan fingerprint density at radius 3 is 2.87 bits per heavy atom. The number of anilines is 1. The van der Waals surface area contributed by atoms with E-state index in [1.165, 1.54) is 11.1 Å². The molecule has 0 fully saturated rings. The first kappa shape index (κ1) is 10.2. The van der Waals surface area contributed by atoms with Crippen molar-refractivity contribution >= 4 is 11.6 Å². The molecule has 2 rings (SSSR count). The number of nitrogens with zero attached hydrogens (tertiary/aromatic N) is 1. The summed E-state index contributed by atoms with van der Waals surface area (Å²) in [7, 11) is 2.10. The summed E-state index contributed by atoms with van der Waals surface area (Å²) in [5, 5.41) is 2.88. The Balaban J connectivity index is 2.16. The minimum atomic E-state index is 0.0706.